The molecule has 0 spiro atoms. The molecule has 3 rings (SSSR count). The Morgan fingerprint density at radius 2 is 1.26 bits per heavy atom. The van der Waals surface area contributed by atoms with Gasteiger partial charge in [0.25, 0.3) is 0 Å². The molecule has 2 nitrogen and oxygen atoms in total. The summed E-state index contributed by atoms with van der Waals surface area (Å²) in [5.74, 6) is 2.64. The topological polar surface area (TPSA) is 33.0 Å². The van der Waals surface area contributed by atoms with Crippen molar-refractivity contribution in [3.8, 4) is 6.07 Å². The number of rotatable bonds is 15. The van der Waals surface area contributed by atoms with E-state index < -0.39 is 0 Å². The Balaban J connectivity index is 1.15. The molecule has 0 aromatic heterocycles. The highest BCUT2D eigenvalue weighted by molar-refractivity contribution is 5.33. The zero-order valence-electron chi connectivity index (χ0n) is 22.1. The molecule has 1 aromatic carbocycles. The largest absolute Gasteiger partial charge is 0.378 e. The molecule has 0 amide bonds. The first-order chi connectivity index (χ1) is 16.8. The van der Waals surface area contributed by atoms with Crippen LogP contribution in [0.3, 0.4) is 0 Å². The van der Waals surface area contributed by atoms with Gasteiger partial charge in [-0.2, -0.15) is 5.26 Å². The first-order valence-corrected chi connectivity index (χ1v) is 14.9. The van der Waals surface area contributed by atoms with Gasteiger partial charge in [-0.1, -0.05) is 103 Å². The number of unbranched alkanes of at least 4 members (excludes halogenated alkanes) is 7. The number of hydrogen-bond acceptors (Lipinski definition) is 2. The van der Waals surface area contributed by atoms with E-state index in [1.54, 1.807) is 0 Å². The fraction of sp³-hybridized carbons (Fsp3) is 0.781. The van der Waals surface area contributed by atoms with Crippen molar-refractivity contribution in [1.82, 2.24) is 0 Å². The van der Waals surface area contributed by atoms with Gasteiger partial charge in [-0.25, -0.2) is 0 Å². The van der Waals surface area contributed by atoms with Crippen molar-refractivity contribution >= 4 is 0 Å². The number of ether oxygens (including phenoxy) is 1. The van der Waals surface area contributed by atoms with Crippen LogP contribution < -0.4 is 0 Å². The minimum Gasteiger partial charge on any atom is -0.378 e. The molecule has 0 unspecified atom stereocenters. The highest BCUT2D eigenvalue weighted by atomic mass is 16.5. The lowest BCUT2D eigenvalue weighted by molar-refractivity contribution is 0.0204. The summed E-state index contributed by atoms with van der Waals surface area (Å²) in [6.45, 7) is 3.26. The van der Waals surface area contributed by atoms with Crippen LogP contribution in [0.1, 0.15) is 146 Å². The first-order valence-electron chi connectivity index (χ1n) is 14.9. The van der Waals surface area contributed by atoms with Crippen molar-refractivity contribution in [3.63, 3.8) is 0 Å². The highest BCUT2D eigenvalue weighted by Crippen LogP contribution is 2.36. The van der Waals surface area contributed by atoms with Gasteiger partial charge < -0.3 is 4.74 Å². The van der Waals surface area contributed by atoms with Crippen molar-refractivity contribution in [2.75, 3.05) is 6.61 Å². The molecule has 2 aliphatic carbocycles. The third-order valence-electron chi connectivity index (χ3n) is 8.73. The monoisotopic (exact) mass is 465 g/mol. The summed E-state index contributed by atoms with van der Waals surface area (Å²) >= 11 is 0. The Morgan fingerprint density at radius 1 is 0.706 bits per heavy atom. The molecule has 1 aromatic rings. The van der Waals surface area contributed by atoms with Gasteiger partial charge in [-0.05, 0) is 74.0 Å². The van der Waals surface area contributed by atoms with Crippen LogP contribution in [0, 0.1) is 23.2 Å². The highest BCUT2D eigenvalue weighted by Gasteiger charge is 2.23. The summed E-state index contributed by atoms with van der Waals surface area (Å²) in [5.41, 5.74) is 2.16. The Kier molecular flexibility index (Phi) is 13.1. The van der Waals surface area contributed by atoms with Crippen LogP contribution in [0.5, 0.6) is 0 Å². The van der Waals surface area contributed by atoms with E-state index in [0.29, 0.717) is 12.0 Å². The number of hydrogen-bond donors (Lipinski definition) is 0. The number of nitriles is 1. The Hall–Kier alpha value is -1.33. The average molecular weight is 466 g/mol. The van der Waals surface area contributed by atoms with Gasteiger partial charge in [0.2, 0.25) is 0 Å². The lowest BCUT2D eigenvalue weighted by Crippen LogP contribution is -2.21. The summed E-state index contributed by atoms with van der Waals surface area (Å²) in [7, 11) is 0. The van der Waals surface area contributed by atoms with Gasteiger partial charge in [-0.3, -0.25) is 0 Å². The second-order valence-corrected chi connectivity index (χ2v) is 11.4. The van der Waals surface area contributed by atoms with Crippen LogP contribution in [0.25, 0.3) is 0 Å². The minimum absolute atomic E-state index is 0.469. The molecule has 190 valence electrons. The predicted molar refractivity (Wildman–Crippen MR) is 144 cm³/mol. The van der Waals surface area contributed by atoms with E-state index in [0.717, 1.165) is 24.0 Å². The van der Waals surface area contributed by atoms with Crippen molar-refractivity contribution in [3.05, 3.63) is 35.4 Å². The van der Waals surface area contributed by atoms with E-state index in [1.165, 1.54) is 128 Å². The molecule has 2 heteroatoms. The third kappa shape index (κ3) is 10.1. The van der Waals surface area contributed by atoms with Gasteiger partial charge in [0, 0.05) is 6.61 Å². The van der Waals surface area contributed by atoms with Crippen LogP contribution in [-0.4, -0.2) is 12.7 Å². The molecule has 0 heterocycles. The fourth-order valence-corrected chi connectivity index (χ4v) is 6.39. The van der Waals surface area contributed by atoms with E-state index in [1.807, 2.05) is 12.1 Å². The van der Waals surface area contributed by atoms with Crippen LogP contribution in [-0.2, 0) is 4.74 Å². The Bertz CT molecular complexity index is 674. The summed E-state index contributed by atoms with van der Waals surface area (Å²) in [6.07, 6.45) is 26.9. The van der Waals surface area contributed by atoms with Crippen molar-refractivity contribution in [2.45, 2.75) is 141 Å². The smallest absolute Gasteiger partial charge is 0.0991 e. The lowest BCUT2D eigenvalue weighted by atomic mass is 9.78. The molecular weight excluding hydrogens is 414 g/mol. The molecule has 0 N–H and O–H groups in total. The van der Waals surface area contributed by atoms with E-state index in [9.17, 15) is 0 Å². The van der Waals surface area contributed by atoms with Crippen molar-refractivity contribution in [2.24, 2.45) is 11.8 Å². The second kappa shape index (κ2) is 16.4. The average Bonchev–Trinajstić information content (AvgIpc) is 2.89. The van der Waals surface area contributed by atoms with E-state index >= 15 is 0 Å². The molecule has 0 radical (unpaired) electrons. The maximum atomic E-state index is 8.98. The van der Waals surface area contributed by atoms with Crippen molar-refractivity contribution in [1.29, 1.82) is 5.26 Å². The zero-order valence-corrected chi connectivity index (χ0v) is 22.1. The van der Waals surface area contributed by atoms with Gasteiger partial charge in [-0.15, -0.1) is 0 Å². The summed E-state index contributed by atoms with van der Waals surface area (Å²) in [4.78, 5) is 0. The van der Waals surface area contributed by atoms with Gasteiger partial charge in [0.15, 0.2) is 0 Å². The van der Waals surface area contributed by atoms with Crippen LogP contribution >= 0.6 is 0 Å². The predicted octanol–water partition coefficient (Wildman–Crippen LogP) is 9.72. The molecule has 0 bridgehead atoms. The van der Waals surface area contributed by atoms with Crippen molar-refractivity contribution < 1.29 is 4.74 Å². The SMILES string of the molecule is CCCCCCCCCCC1CCC(CCCOC2CCC(c3ccc(C#N)cc3)CC2)CC1. The van der Waals surface area contributed by atoms with Gasteiger partial charge in [0.05, 0.1) is 17.7 Å². The molecule has 0 saturated heterocycles. The maximum Gasteiger partial charge on any atom is 0.0991 e. The summed E-state index contributed by atoms with van der Waals surface area (Å²) in [6, 6.07) is 10.4. The lowest BCUT2D eigenvalue weighted by Gasteiger charge is -2.30. The standard InChI is InChI=1S/C32H51NO/c1-2-3-4-5-6-7-8-9-11-27-13-15-28(16-14-27)12-10-25-34-32-23-21-31(22-24-32)30-19-17-29(26-33)18-20-30/h17-20,27-28,31-32H,2-16,21-25H2,1H3. The van der Waals surface area contributed by atoms with E-state index in [-0.39, 0.29) is 0 Å². The summed E-state index contributed by atoms with van der Waals surface area (Å²) in [5, 5.41) is 8.98. The van der Waals surface area contributed by atoms with Crippen LogP contribution in [0.4, 0.5) is 0 Å². The summed E-state index contributed by atoms with van der Waals surface area (Å²) < 4.78 is 6.28. The van der Waals surface area contributed by atoms with E-state index in [4.69, 9.17) is 10.00 Å². The van der Waals surface area contributed by atoms with E-state index in [2.05, 4.69) is 25.1 Å². The first kappa shape index (κ1) is 27.3. The van der Waals surface area contributed by atoms with Gasteiger partial charge in [0.1, 0.15) is 0 Å². The van der Waals surface area contributed by atoms with Crippen LogP contribution in [0.15, 0.2) is 24.3 Å². The molecular formula is C32H51NO. The molecule has 0 atom stereocenters. The Morgan fingerprint density at radius 3 is 1.85 bits per heavy atom. The Labute approximate surface area is 210 Å². The molecule has 2 saturated carbocycles. The minimum atomic E-state index is 0.469. The molecule has 2 aliphatic rings. The van der Waals surface area contributed by atoms with Crippen LogP contribution in [0.2, 0.25) is 0 Å². The normalized spacial score (nSPS) is 25.2. The molecule has 0 aliphatic heterocycles. The maximum absolute atomic E-state index is 8.98. The quantitative estimate of drug-likeness (QED) is 0.241. The third-order valence-corrected chi connectivity index (χ3v) is 8.73. The zero-order chi connectivity index (χ0) is 23.8. The molecule has 2 fully saturated rings. The molecule has 34 heavy (non-hydrogen) atoms. The fourth-order valence-electron chi connectivity index (χ4n) is 6.39. The van der Waals surface area contributed by atoms with Gasteiger partial charge >= 0.3 is 0 Å². The second-order valence-electron chi connectivity index (χ2n) is 11.4. The number of benzene rings is 1. The number of nitrogens with zero attached hydrogens (tertiary/aromatic N) is 1.